The number of carbonyl (C=O) groups is 2. The van der Waals surface area contributed by atoms with Gasteiger partial charge >= 0.3 is 0 Å². The number of halogens is 1. The van der Waals surface area contributed by atoms with Crippen LogP contribution in [0, 0.1) is 12.7 Å². The van der Waals surface area contributed by atoms with Crippen LogP contribution in [0.25, 0.3) is 0 Å². The normalized spacial score (nSPS) is 14.7. The maximum absolute atomic E-state index is 13.3. The molecule has 0 aromatic heterocycles. The van der Waals surface area contributed by atoms with Gasteiger partial charge in [0.1, 0.15) is 5.82 Å². The molecule has 0 aliphatic carbocycles. The summed E-state index contributed by atoms with van der Waals surface area (Å²) in [6.07, 6.45) is 0. The monoisotopic (exact) mass is 308 g/mol. The number of likely N-dealkylation sites (N-methyl/N-ethyl adjacent to an activating group) is 1. The average Bonchev–Trinajstić information content (AvgIpc) is 2.75. The molecule has 0 atom stereocenters. The standard InChI is InChI=1S/C15H17FN2O4/c1-9-6-10(4-5-12(9)16)7-18(22-3)14(20)11-8-17(2)15(21)13(11)19/h4-6,19H,7-8H2,1-3H3. The fraction of sp³-hybridized carbons (Fsp3) is 0.333. The van der Waals surface area contributed by atoms with Gasteiger partial charge in [-0.3, -0.25) is 14.4 Å². The molecule has 0 saturated carbocycles. The summed E-state index contributed by atoms with van der Waals surface area (Å²) >= 11 is 0. The molecule has 1 aromatic carbocycles. The van der Waals surface area contributed by atoms with Crippen LogP contribution >= 0.6 is 0 Å². The van der Waals surface area contributed by atoms with Crippen molar-refractivity contribution in [3.8, 4) is 0 Å². The lowest BCUT2D eigenvalue weighted by Crippen LogP contribution is -2.32. The van der Waals surface area contributed by atoms with Crippen LogP contribution < -0.4 is 0 Å². The second-order valence-electron chi connectivity index (χ2n) is 5.10. The first-order valence-corrected chi connectivity index (χ1v) is 6.63. The van der Waals surface area contributed by atoms with E-state index < -0.39 is 17.6 Å². The van der Waals surface area contributed by atoms with Crippen molar-refractivity contribution in [2.24, 2.45) is 0 Å². The molecule has 0 unspecified atom stereocenters. The first-order chi connectivity index (χ1) is 10.3. The third kappa shape index (κ3) is 2.94. The molecular weight excluding hydrogens is 291 g/mol. The Hall–Kier alpha value is -2.41. The fourth-order valence-corrected chi connectivity index (χ4v) is 2.20. The van der Waals surface area contributed by atoms with E-state index in [9.17, 15) is 19.1 Å². The molecular formula is C15H17FN2O4. The number of benzene rings is 1. The summed E-state index contributed by atoms with van der Waals surface area (Å²) in [5.74, 6) is -2.09. The van der Waals surface area contributed by atoms with Gasteiger partial charge in [-0.25, -0.2) is 9.45 Å². The lowest BCUT2D eigenvalue weighted by molar-refractivity contribution is -0.174. The molecule has 22 heavy (non-hydrogen) atoms. The molecule has 1 aliphatic rings. The molecule has 2 amide bonds. The Morgan fingerprint density at radius 2 is 2.18 bits per heavy atom. The zero-order valence-electron chi connectivity index (χ0n) is 12.6. The van der Waals surface area contributed by atoms with E-state index in [2.05, 4.69) is 0 Å². The van der Waals surface area contributed by atoms with Crippen LogP contribution in [0.3, 0.4) is 0 Å². The van der Waals surface area contributed by atoms with Gasteiger partial charge in [0.2, 0.25) is 0 Å². The quantitative estimate of drug-likeness (QED) is 0.851. The van der Waals surface area contributed by atoms with Crippen LogP contribution in [-0.2, 0) is 21.0 Å². The van der Waals surface area contributed by atoms with E-state index in [1.54, 1.807) is 19.1 Å². The van der Waals surface area contributed by atoms with Crippen LogP contribution in [0.2, 0.25) is 0 Å². The maximum Gasteiger partial charge on any atom is 0.289 e. The molecule has 1 aliphatic heterocycles. The van der Waals surface area contributed by atoms with Gasteiger partial charge in [0.25, 0.3) is 11.8 Å². The summed E-state index contributed by atoms with van der Waals surface area (Å²) in [4.78, 5) is 30.2. The van der Waals surface area contributed by atoms with Crippen molar-refractivity contribution in [3.63, 3.8) is 0 Å². The molecule has 2 rings (SSSR count). The predicted octanol–water partition coefficient (Wildman–Crippen LogP) is 1.31. The van der Waals surface area contributed by atoms with Gasteiger partial charge in [-0.15, -0.1) is 0 Å². The Labute approximate surface area is 127 Å². The van der Waals surface area contributed by atoms with Crippen molar-refractivity contribution in [1.82, 2.24) is 9.96 Å². The predicted molar refractivity (Wildman–Crippen MR) is 76.0 cm³/mol. The van der Waals surface area contributed by atoms with E-state index in [-0.39, 0.29) is 24.5 Å². The topological polar surface area (TPSA) is 70.1 Å². The molecule has 1 N–H and O–H groups in total. The number of hydrogen-bond acceptors (Lipinski definition) is 4. The number of carbonyl (C=O) groups excluding carboxylic acids is 2. The third-order valence-corrected chi connectivity index (χ3v) is 3.48. The largest absolute Gasteiger partial charge is 0.503 e. The zero-order chi connectivity index (χ0) is 16.4. The number of hydrogen-bond donors (Lipinski definition) is 1. The third-order valence-electron chi connectivity index (χ3n) is 3.48. The Bertz CT molecular complexity index is 657. The zero-order valence-corrected chi connectivity index (χ0v) is 12.6. The van der Waals surface area contributed by atoms with Crippen molar-refractivity contribution in [2.75, 3.05) is 20.7 Å². The molecule has 118 valence electrons. The molecule has 0 radical (unpaired) electrons. The van der Waals surface area contributed by atoms with E-state index in [0.717, 1.165) is 5.06 Å². The SMILES string of the molecule is CON(Cc1ccc(F)c(C)c1)C(=O)C1=C(O)C(=O)N(C)C1. The van der Waals surface area contributed by atoms with Crippen molar-refractivity contribution in [3.05, 3.63) is 46.5 Å². The van der Waals surface area contributed by atoms with Gasteiger partial charge in [0.15, 0.2) is 5.76 Å². The lowest BCUT2D eigenvalue weighted by atomic mass is 10.1. The summed E-state index contributed by atoms with van der Waals surface area (Å²) in [5, 5.41) is 10.7. The van der Waals surface area contributed by atoms with E-state index in [0.29, 0.717) is 11.1 Å². The molecule has 0 bridgehead atoms. The number of aliphatic hydroxyl groups excluding tert-OH is 1. The van der Waals surface area contributed by atoms with Gasteiger partial charge in [0.05, 0.1) is 25.8 Å². The van der Waals surface area contributed by atoms with E-state index in [1.165, 1.54) is 25.1 Å². The summed E-state index contributed by atoms with van der Waals surface area (Å²) in [6.45, 7) is 1.72. The minimum atomic E-state index is -0.600. The molecule has 6 nitrogen and oxygen atoms in total. The number of aryl methyl sites for hydroxylation is 1. The van der Waals surface area contributed by atoms with Crippen molar-refractivity contribution in [2.45, 2.75) is 13.5 Å². The highest BCUT2D eigenvalue weighted by atomic mass is 19.1. The fourth-order valence-electron chi connectivity index (χ4n) is 2.20. The maximum atomic E-state index is 13.3. The smallest absolute Gasteiger partial charge is 0.289 e. The molecule has 7 heteroatoms. The second-order valence-corrected chi connectivity index (χ2v) is 5.10. The molecule has 0 fully saturated rings. The summed E-state index contributed by atoms with van der Waals surface area (Å²) < 4.78 is 13.3. The minimum absolute atomic E-state index is 0.0196. The summed E-state index contributed by atoms with van der Waals surface area (Å²) in [6, 6.07) is 4.46. The van der Waals surface area contributed by atoms with Crippen LogP contribution in [-0.4, -0.2) is 47.6 Å². The first kappa shape index (κ1) is 16.0. The van der Waals surface area contributed by atoms with E-state index >= 15 is 0 Å². The Morgan fingerprint density at radius 3 is 2.68 bits per heavy atom. The second kappa shape index (κ2) is 6.15. The van der Waals surface area contributed by atoms with Gasteiger partial charge in [-0.2, -0.15) is 0 Å². The van der Waals surface area contributed by atoms with Gasteiger partial charge in [-0.05, 0) is 24.1 Å². The van der Waals surface area contributed by atoms with E-state index in [1.807, 2.05) is 0 Å². The van der Waals surface area contributed by atoms with Crippen LogP contribution in [0.1, 0.15) is 11.1 Å². The van der Waals surface area contributed by atoms with Crippen LogP contribution in [0.5, 0.6) is 0 Å². The average molecular weight is 308 g/mol. The number of amides is 2. The number of nitrogens with zero attached hydrogens (tertiary/aromatic N) is 2. The van der Waals surface area contributed by atoms with Gasteiger partial charge in [-0.1, -0.05) is 12.1 Å². The van der Waals surface area contributed by atoms with Gasteiger partial charge < -0.3 is 10.0 Å². The van der Waals surface area contributed by atoms with Crippen molar-refractivity contribution in [1.29, 1.82) is 0 Å². The van der Waals surface area contributed by atoms with Crippen LogP contribution in [0.15, 0.2) is 29.5 Å². The van der Waals surface area contributed by atoms with E-state index in [4.69, 9.17) is 4.84 Å². The Kier molecular flexibility index (Phi) is 4.46. The van der Waals surface area contributed by atoms with Crippen molar-refractivity contribution < 1.29 is 23.9 Å². The van der Waals surface area contributed by atoms with Crippen molar-refractivity contribution >= 4 is 11.8 Å². The molecule has 0 saturated heterocycles. The van der Waals surface area contributed by atoms with Gasteiger partial charge in [0, 0.05) is 7.05 Å². The highest BCUT2D eigenvalue weighted by Crippen LogP contribution is 2.19. The molecule has 0 spiro atoms. The minimum Gasteiger partial charge on any atom is -0.503 e. The highest BCUT2D eigenvalue weighted by molar-refractivity contribution is 6.06. The summed E-state index contributed by atoms with van der Waals surface area (Å²) in [5.41, 5.74) is 1.11. The number of rotatable bonds is 4. The lowest BCUT2D eigenvalue weighted by Gasteiger charge is -2.20. The van der Waals surface area contributed by atoms with Crippen LogP contribution in [0.4, 0.5) is 4.39 Å². The Morgan fingerprint density at radius 1 is 1.50 bits per heavy atom. The number of hydroxylamine groups is 2. The number of aliphatic hydroxyl groups is 1. The first-order valence-electron chi connectivity index (χ1n) is 6.63. The summed E-state index contributed by atoms with van der Waals surface area (Å²) in [7, 11) is 2.80. The molecule has 1 heterocycles. The Balaban J connectivity index is 2.20. The highest BCUT2D eigenvalue weighted by Gasteiger charge is 2.34. The molecule has 1 aromatic rings.